The minimum atomic E-state index is -3.28. The fourth-order valence-corrected chi connectivity index (χ4v) is 4.76. The largest absolute Gasteiger partial charge is 0.379 e. The third kappa shape index (κ3) is 21.4. The van der Waals surface area contributed by atoms with Crippen molar-refractivity contribution in [3.8, 4) is 0 Å². The van der Waals surface area contributed by atoms with Gasteiger partial charge < -0.3 is 9.47 Å². The maximum absolute atomic E-state index is 11.8. The molecule has 0 aromatic carbocycles. The molecule has 0 radical (unpaired) electrons. The molecule has 1 atom stereocenters. The smallest absolute Gasteiger partial charge is 0.211 e. The quantitative estimate of drug-likeness (QED) is 0.138. The monoisotopic (exact) mass is 469 g/mol. The van der Waals surface area contributed by atoms with Gasteiger partial charge in [-0.25, -0.2) is 13.1 Å². The molecule has 0 spiro atoms. The second kappa shape index (κ2) is 22.3. The highest BCUT2D eigenvalue weighted by Crippen LogP contribution is 2.13. The molecule has 5 nitrogen and oxygen atoms in total. The van der Waals surface area contributed by atoms with Gasteiger partial charge in [0.25, 0.3) is 0 Å². The summed E-state index contributed by atoms with van der Waals surface area (Å²) in [4.78, 5) is 0. The van der Waals surface area contributed by atoms with Crippen LogP contribution in [0.5, 0.6) is 0 Å². The molecule has 30 heavy (non-hydrogen) atoms. The van der Waals surface area contributed by atoms with E-state index in [0.29, 0.717) is 25.5 Å². The predicted molar refractivity (Wildman–Crippen MR) is 129 cm³/mol. The summed E-state index contributed by atoms with van der Waals surface area (Å²) in [6.45, 7) is 3.62. The average molecular weight is 470 g/mol. The second-order valence-electron chi connectivity index (χ2n) is 8.24. The first-order chi connectivity index (χ1) is 14.6. The summed E-state index contributed by atoms with van der Waals surface area (Å²) in [6, 6.07) is 0. The number of alkyl halides is 1. The molecule has 0 aromatic heterocycles. The van der Waals surface area contributed by atoms with Gasteiger partial charge in [0.15, 0.2) is 0 Å². The van der Waals surface area contributed by atoms with Crippen molar-refractivity contribution in [3.63, 3.8) is 0 Å². The third-order valence-corrected chi connectivity index (χ3v) is 7.06. The lowest BCUT2D eigenvalue weighted by molar-refractivity contribution is 0.0106. The summed E-state index contributed by atoms with van der Waals surface area (Å²) in [5.74, 6) is 0.393. The first-order valence-corrected chi connectivity index (χ1v) is 14.4. The van der Waals surface area contributed by atoms with Crippen LogP contribution < -0.4 is 4.72 Å². The second-order valence-corrected chi connectivity index (χ2v) is 10.5. The molecule has 1 unspecified atom stereocenters. The van der Waals surface area contributed by atoms with Gasteiger partial charge in [0.05, 0.1) is 18.5 Å². The van der Waals surface area contributed by atoms with Crippen LogP contribution in [0.2, 0.25) is 0 Å². The lowest BCUT2D eigenvalue weighted by atomic mass is 10.0. The summed E-state index contributed by atoms with van der Waals surface area (Å²) in [7, 11) is -1.70. The highest BCUT2D eigenvalue weighted by molar-refractivity contribution is 7.89. The lowest BCUT2D eigenvalue weighted by Gasteiger charge is -2.16. The van der Waals surface area contributed by atoms with Gasteiger partial charge >= 0.3 is 0 Å². The molecular formula is C23H48ClNO4S. The van der Waals surface area contributed by atoms with Crippen LogP contribution >= 0.6 is 11.6 Å². The van der Waals surface area contributed by atoms with E-state index in [1.54, 1.807) is 7.11 Å². The summed E-state index contributed by atoms with van der Waals surface area (Å²) in [6.07, 6.45) is 19.0. The molecule has 0 saturated carbocycles. The first kappa shape index (κ1) is 30.1. The molecule has 0 saturated heterocycles. The van der Waals surface area contributed by atoms with E-state index in [0.717, 1.165) is 6.42 Å². The van der Waals surface area contributed by atoms with Crippen molar-refractivity contribution < 1.29 is 17.9 Å². The van der Waals surface area contributed by atoms with Gasteiger partial charge in [0, 0.05) is 26.1 Å². The fraction of sp³-hybridized carbons (Fsp3) is 1.00. The molecule has 1 N–H and O–H groups in total. The van der Waals surface area contributed by atoms with Gasteiger partial charge in [-0.2, -0.15) is 0 Å². The van der Waals surface area contributed by atoms with E-state index in [-0.39, 0.29) is 18.4 Å². The van der Waals surface area contributed by atoms with Crippen molar-refractivity contribution in [3.05, 3.63) is 0 Å². The van der Waals surface area contributed by atoms with Gasteiger partial charge in [-0.05, 0) is 12.8 Å². The summed E-state index contributed by atoms with van der Waals surface area (Å²) in [5, 5.41) is 0. The van der Waals surface area contributed by atoms with Crippen LogP contribution in [0.3, 0.4) is 0 Å². The minimum Gasteiger partial charge on any atom is -0.379 e. The van der Waals surface area contributed by atoms with Crippen LogP contribution in [-0.2, 0) is 19.5 Å². The lowest BCUT2D eigenvalue weighted by Crippen LogP contribution is -2.37. The molecule has 0 aliphatic carbocycles. The number of unbranched alkanes of at least 4 members (excludes halogenated alkanes) is 13. The van der Waals surface area contributed by atoms with E-state index in [1.807, 2.05) is 0 Å². The average Bonchev–Trinajstić information content (AvgIpc) is 2.74. The maximum atomic E-state index is 11.8. The number of nitrogens with one attached hydrogen (secondary N) is 1. The number of sulfonamides is 1. The molecule has 0 aromatic rings. The molecule has 0 amide bonds. The van der Waals surface area contributed by atoms with E-state index in [9.17, 15) is 8.42 Å². The van der Waals surface area contributed by atoms with E-state index in [4.69, 9.17) is 21.1 Å². The van der Waals surface area contributed by atoms with Crippen molar-refractivity contribution >= 4 is 21.6 Å². The van der Waals surface area contributed by atoms with E-state index in [1.165, 1.54) is 83.5 Å². The van der Waals surface area contributed by atoms with Crippen LogP contribution in [0.1, 0.15) is 103 Å². The number of halogens is 1. The number of hydrogen-bond acceptors (Lipinski definition) is 4. The summed E-state index contributed by atoms with van der Waals surface area (Å²) in [5.41, 5.74) is 0. The number of methoxy groups -OCH3 is 1. The van der Waals surface area contributed by atoms with Gasteiger partial charge in [-0.15, -0.1) is 11.6 Å². The number of hydrogen-bond donors (Lipinski definition) is 1. The van der Waals surface area contributed by atoms with Gasteiger partial charge in [-0.1, -0.05) is 90.4 Å². The Morgan fingerprint density at radius 1 is 0.800 bits per heavy atom. The first-order valence-electron chi connectivity index (χ1n) is 12.2. The van der Waals surface area contributed by atoms with Crippen LogP contribution in [0, 0.1) is 0 Å². The number of rotatable bonds is 24. The normalized spacial score (nSPS) is 13.0. The Morgan fingerprint density at radius 3 is 1.77 bits per heavy atom. The van der Waals surface area contributed by atoms with Crippen molar-refractivity contribution in [1.29, 1.82) is 0 Å². The Morgan fingerprint density at radius 2 is 1.30 bits per heavy atom. The Kier molecular flexibility index (Phi) is 22.4. The van der Waals surface area contributed by atoms with Gasteiger partial charge in [0.2, 0.25) is 10.0 Å². The Balaban J connectivity index is 3.41. The van der Waals surface area contributed by atoms with E-state index >= 15 is 0 Å². The molecule has 0 rings (SSSR count). The molecule has 182 valence electrons. The Bertz CT molecular complexity index is 448. The topological polar surface area (TPSA) is 64.6 Å². The Labute approximate surface area is 192 Å². The zero-order valence-corrected chi connectivity index (χ0v) is 21.2. The molecule has 0 heterocycles. The van der Waals surface area contributed by atoms with Crippen LogP contribution in [0.25, 0.3) is 0 Å². The van der Waals surface area contributed by atoms with Crippen LogP contribution in [0.15, 0.2) is 0 Å². The van der Waals surface area contributed by atoms with Crippen LogP contribution in [-0.4, -0.2) is 53.0 Å². The molecule has 0 fully saturated rings. The zero-order valence-electron chi connectivity index (χ0n) is 19.6. The van der Waals surface area contributed by atoms with Gasteiger partial charge in [-0.3, -0.25) is 0 Å². The molecule has 7 heteroatoms. The summed E-state index contributed by atoms with van der Waals surface area (Å²) >= 11 is 5.54. The van der Waals surface area contributed by atoms with Crippen molar-refractivity contribution in [1.82, 2.24) is 4.72 Å². The maximum Gasteiger partial charge on any atom is 0.211 e. The predicted octanol–water partition coefficient (Wildman–Crippen LogP) is 6.05. The summed E-state index contributed by atoms with van der Waals surface area (Å²) < 4.78 is 37.0. The van der Waals surface area contributed by atoms with E-state index in [2.05, 4.69) is 11.6 Å². The molecule has 0 aliphatic rings. The van der Waals surface area contributed by atoms with Crippen molar-refractivity contribution in [2.45, 2.75) is 109 Å². The molecular weight excluding hydrogens is 422 g/mol. The fourth-order valence-electron chi connectivity index (χ4n) is 3.36. The van der Waals surface area contributed by atoms with E-state index < -0.39 is 10.0 Å². The molecule has 0 bridgehead atoms. The van der Waals surface area contributed by atoms with Gasteiger partial charge in [0.1, 0.15) is 0 Å². The number of ether oxygens (including phenoxy) is 2. The van der Waals surface area contributed by atoms with Crippen LogP contribution in [0.4, 0.5) is 0 Å². The highest BCUT2D eigenvalue weighted by Gasteiger charge is 2.14. The zero-order chi connectivity index (χ0) is 22.3. The Hall–Kier alpha value is 0.120. The SMILES string of the molecule is CCCCCCCCCCCCCCCCOCC(CNS(=O)(=O)CCCCl)OC. The third-order valence-electron chi connectivity index (χ3n) is 5.36. The highest BCUT2D eigenvalue weighted by atomic mass is 35.5. The minimum absolute atomic E-state index is 0.0485. The van der Waals surface area contributed by atoms with Crippen molar-refractivity contribution in [2.24, 2.45) is 0 Å². The standard InChI is InChI=1S/C23H48ClNO4S/c1-3-4-5-6-7-8-9-10-11-12-13-14-15-16-19-29-22-23(28-2)21-25-30(26,27)20-17-18-24/h23,25H,3-22H2,1-2H3. The van der Waals surface area contributed by atoms with Crippen molar-refractivity contribution in [2.75, 3.05) is 38.5 Å². The molecule has 0 aliphatic heterocycles.